The van der Waals surface area contributed by atoms with Crippen LogP contribution in [0.15, 0.2) is 53.5 Å². The molecule has 0 aliphatic carbocycles. The van der Waals surface area contributed by atoms with Crippen molar-refractivity contribution in [2.45, 2.75) is 31.7 Å². The van der Waals surface area contributed by atoms with Gasteiger partial charge in [-0.1, -0.05) is 30.3 Å². The summed E-state index contributed by atoms with van der Waals surface area (Å²) in [6, 6.07) is 13.8. The van der Waals surface area contributed by atoms with E-state index >= 15 is 0 Å². The van der Waals surface area contributed by atoms with Crippen LogP contribution in [-0.4, -0.2) is 28.0 Å². The fourth-order valence-electron chi connectivity index (χ4n) is 3.27. The molecule has 4 heteroatoms. The van der Waals surface area contributed by atoms with Gasteiger partial charge in [-0.2, -0.15) is 0 Å². The number of rotatable bonds is 4. The van der Waals surface area contributed by atoms with E-state index < -0.39 is 0 Å². The zero-order valence-corrected chi connectivity index (χ0v) is 13.4. The Balaban J connectivity index is 1.69. The number of carbonyl (C=O) groups is 1. The molecule has 1 saturated heterocycles. The van der Waals surface area contributed by atoms with Crippen LogP contribution in [0, 0.1) is 0 Å². The highest BCUT2D eigenvalue weighted by Crippen LogP contribution is 2.23. The molecule has 120 valence electrons. The van der Waals surface area contributed by atoms with E-state index in [1.807, 2.05) is 11.0 Å². The Labute approximate surface area is 136 Å². The second kappa shape index (κ2) is 6.82. The summed E-state index contributed by atoms with van der Waals surface area (Å²) in [6.07, 6.45) is 5.72. The molecule has 0 spiro atoms. The molecule has 1 aromatic heterocycles. The van der Waals surface area contributed by atoms with Crippen molar-refractivity contribution in [2.24, 2.45) is 7.05 Å². The minimum atomic E-state index is -0.0939. The van der Waals surface area contributed by atoms with E-state index in [1.54, 1.807) is 19.3 Å². The highest BCUT2D eigenvalue weighted by Gasteiger charge is 2.29. The Hall–Kier alpha value is -2.36. The molecule has 1 amide bonds. The third kappa shape index (κ3) is 3.52. The van der Waals surface area contributed by atoms with Gasteiger partial charge in [0, 0.05) is 31.9 Å². The van der Waals surface area contributed by atoms with Crippen molar-refractivity contribution in [3.05, 3.63) is 70.1 Å². The smallest absolute Gasteiger partial charge is 0.255 e. The van der Waals surface area contributed by atoms with Crippen LogP contribution in [0.5, 0.6) is 0 Å². The molecule has 2 heterocycles. The predicted octanol–water partition coefficient (Wildman–Crippen LogP) is 2.62. The molecular weight excluding hydrogens is 288 g/mol. The molecule has 4 nitrogen and oxygen atoms in total. The molecule has 1 aromatic carbocycles. The highest BCUT2D eigenvalue weighted by atomic mass is 16.2. The summed E-state index contributed by atoms with van der Waals surface area (Å²) in [4.78, 5) is 26.2. The van der Waals surface area contributed by atoms with Crippen molar-refractivity contribution in [3.63, 3.8) is 0 Å². The maximum atomic E-state index is 12.7. The van der Waals surface area contributed by atoms with Crippen LogP contribution >= 0.6 is 0 Å². The van der Waals surface area contributed by atoms with Crippen LogP contribution in [0.4, 0.5) is 0 Å². The van der Waals surface area contributed by atoms with Crippen LogP contribution in [0.1, 0.15) is 35.2 Å². The maximum Gasteiger partial charge on any atom is 0.255 e. The van der Waals surface area contributed by atoms with Crippen molar-refractivity contribution in [2.75, 3.05) is 6.54 Å². The monoisotopic (exact) mass is 310 g/mol. The average Bonchev–Trinajstić information content (AvgIpc) is 3.04. The van der Waals surface area contributed by atoms with Crippen molar-refractivity contribution < 1.29 is 4.79 Å². The lowest BCUT2D eigenvalue weighted by Gasteiger charge is -2.25. The predicted molar refractivity (Wildman–Crippen MR) is 90.5 cm³/mol. The van der Waals surface area contributed by atoms with Gasteiger partial charge in [-0.15, -0.1) is 0 Å². The van der Waals surface area contributed by atoms with Crippen molar-refractivity contribution >= 4 is 5.91 Å². The molecule has 0 bridgehead atoms. The van der Waals surface area contributed by atoms with E-state index in [-0.39, 0.29) is 11.5 Å². The first-order valence-electron chi connectivity index (χ1n) is 8.17. The Morgan fingerprint density at radius 1 is 1.17 bits per heavy atom. The van der Waals surface area contributed by atoms with Gasteiger partial charge in [-0.3, -0.25) is 9.59 Å². The highest BCUT2D eigenvalue weighted by molar-refractivity contribution is 5.94. The largest absolute Gasteiger partial charge is 0.336 e. The molecule has 0 unspecified atom stereocenters. The van der Waals surface area contributed by atoms with Gasteiger partial charge in [0.25, 0.3) is 5.91 Å². The van der Waals surface area contributed by atoms with Crippen LogP contribution in [0.3, 0.4) is 0 Å². The number of nitrogens with zero attached hydrogens (tertiary/aromatic N) is 2. The lowest BCUT2D eigenvalue weighted by atomic mass is 10.0. The summed E-state index contributed by atoms with van der Waals surface area (Å²) in [5.74, 6) is 0.0381. The standard InChI is InChI=1S/C19H22N2O2/c1-20-14-16(10-12-18(20)22)19(23)21-13-5-8-17(21)11-9-15-6-3-2-4-7-15/h2-4,6-7,10,12,14,17H,5,8-9,11,13H2,1H3/t17-/m1/s1. The van der Waals surface area contributed by atoms with Gasteiger partial charge < -0.3 is 9.47 Å². The lowest BCUT2D eigenvalue weighted by molar-refractivity contribution is 0.0729. The fourth-order valence-corrected chi connectivity index (χ4v) is 3.27. The number of pyridine rings is 1. The molecule has 0 radical (unpaired) electrons. The minimum Gasteiger partial charge on any atom is -0.336 e. The fraction of sp³-hybridized carbons (Fsp3) is 0.368. The van der Waals surface area contributed by atoms with Gasteiger partial charge in [0.2, 0.25) is 5.56 Å². The Bertz CT molecular complexity index is 737. The van der Waals surface area contributed by atoms with Gasteiger partial charge in [0.1, 0.15) is 0 Å². The Kier molecular flexibility index (Phi) is 4.60. The number of carbonyl (C=O) groups excluding carboxylic acids is 1. The number of hydrogen-bond donors (Lipinski definition) is 0. The second-order valence-corrected chi connectivity index (χ2v) is 6.19. The third-order valence-electron chi connectivity index (χ3n) is 4.58. The molecule has 0 saturated carbocycles. The molecule has 1 atom stereocenters. The maximum absolute atomic E-state index is 12.7. The number of aromatic nitrogens is 1. The van der Waals surface area contributed by atoms with Gasteiger partial charge in [0.15, 0.2) is 0 Å². The van der Waals surface area contributed by atoms with E-state index in [2.05, 4.69) is 24.3 Å². The van der Waals surface area contributed by atoms with E-state index in [1.165, 1.54) is 16.2 Å². The van der Waals surface area contributed by atoms with E-state index in [0.29, 0.717) is 11.6 Å². The summed E-state index contributed by atoms with van der Waals surface area (Å²) < 4.78 is 1.46. The Morgan fingerprint density at radius 3 is 2.70 bits per heavy atom. The summed E-state index contributed by atoms with van der Waals surface area (Å²) >= 11 is 0. The Morgan fingerprint density at radius 2 is 1.96 bits per heavy atom. The molecule has 0 N–H and O–H groups in total. The number of benzene rings is 1. The van der Waals surface area contributed by atoms with Crippen LogP contribution in [0.2, 0.25) is 0 Å². The van der Waals surface area contributed by atoms with E-state index in [0.717, 1.165) is 32.2 Å². The van der Waals surface area contributed by atoms with Crippen LogP contribution in [-0.2, 0) is 13.5 Å². The summed E-state index contributed by atoms with van der Waals surface area (Å²) in [6.45, 7) is 0.807. The summed E-state index contributed by atoms with van der Waals surface area (Å²) in [5.41, 5.74) is 1.82. The van der Waals surface area contributed by atoms with Crippen LogP contribution < -0.4 is 5.56 Å². The first-order valence-corrected chi connectivity index (χ1v) is 8.17. The number of aryl methyl sites for hydroxylation is 2. The third-order valence-corrected chi connectivity index (χ3v) is 4.58. The molecule has 23 heavy (non-hydrogen) atoms. The lowest BCUT2D eigenvalue weighted by Crippen LogP contribution is -2.36. The first kappa shape index (κ1) is 15.5. The van der Waals surface area contributed by atoms with Gasteiger partial charge in [-0.25, -0.2) is 0 Å². The van der Waals surface area contributed by atoms with Gasteiger partial charge >= 0.3 is 0 Å². The van der Waals surface area contributed by atoms with Crippen molar-refractivity contribution in [1.82, 2.24) is 9.47 Å². The molecule has 3 rings (SSSR count). The molecule has 2 aromatic rings. The molecule has 1 aliphatic heterocycles. The van der Waals surface area contributed by atoms with Crippen LogP contribution in [0.25, 0.3) is 0 Å². The summed E-state index contributed by atoms with van der Waals surface area (Å²) in [5, 5.41) is 0. The van der Waals surface area contributed by atoms with E-state index in [9.17, 15) is 9.59 Å². The zero-order valence-electron chi connectivity index (χ0n) is 13.4. The normalized spacial score (nSPS) is 17.4. The van der Waals surface area contributed by atoms with Crippen molar-refractivity contribution in [1.29, 1.82) is 0 Å². The second-order valence-electron chi connectivity index (χ2n) is 6.19. The minimum absolute atomic E-state index is 0.0381. The topological polar surface area (TPSA) is 42.3 Å². The van der Waals surface area contributed by atoms with Gasteiger partial charge in [0.05, 0.1) is 5.56 Å². The molecule has 1 fully saturated rings. The number of likely N-dealkylation sites (tertiary alicyclic amines) is 1. The molecular formula is C19H22N2O2. The van der Waals surface area contributed by atoms with E-state index in [4.69, 9.17) is 0 Å². The van der Waals surface area contributed by atoms with Crippen molar-refractivity contribution in [3.8, 4) is 0 Å². The quantitative estimate of drug-likeness (QED) is 0.871. The first-order chi connectivity index (χ1) is 11.1. The zero-order chi connectivity index (χ0) is 16.2. The number of hydrogen-bond acceptors (Lipinski definition) is 2. The molecule has 1 aliphatic rings. The van der Waals surface area contributed by atoms with Gasteiger partial charge in [-0.05, 0) is 37.3 Å². The number of amides is 1. The average molecular weight is 310 g/mol. The SMILES string of the molecule is Cn1cc(C(=O)N2CCC[C@@H]2CCc2ccccc2)ccc1=O. The summed E-state index contributed by atoms with van der Waals surface area (Å²) in [7, 11) is 1.68.